The Hall–Kier alpha value is -1.57. The average Bonchev–Trinajstić information content (AvgIpc) is 2.55. The van der Waals surface area contributed by atoms with Crippen molar-refractivity contribution in [2.24, 2.45) is 10.9 Å². The van der Waals surface area contributed by atoms with Crippen LogP contribution in [-0.4, -0.2) is 19.3 Å². The number of hydrogen-bond donors (Lipinski definition) is 3. The number of nitrogens with one attached hydrogen (secondary N) is 1. The number of sulfonamides is 1. The molecule has 0 unspecified atom stereocenters. The van der Waals surface area contributed by atoms with Crippen molar-refractivity contribution in [2.75, 3.05) is 0 Å². The highest BCUT2D eigenvalue weighted by Gasteiger charge is 2.24. The quantitative estimate of drug-likeness (QED) is 0.742. The third kappa shape index (κ3) is 1.99. The number of fused-ring (bicyclic) bond motifs is 1. The van der Waals surface area contributed by atoms with E-state index in [0.29, 0.717) is 10.5 Å². The number of aromatic nitrogens is 1. The molecule has 17 heavy (non-hydrogen) atoms. The standard InChI is InChI=1S/C9H8ClN3O3S/c10-4-1-2-6-5(3-4)8(17(12,15)16)7(13-6)9(11)14/h1-3,13H,(H2,11,14)(H2,12,15,16). The summed E-state index contributed by atoms with van der Waals surface area (Å²) in [6.45, 7) is 0. The van der Waals surface area contributed by atoms with Crippen LogP contribution >= 0.6 is 11.6 Å². The molecule has 5 N–H and O–H groups in total. The first-order valence-electron chi connectivity index (χ1n) is 4.44. The summed E-state index contributed by atoms with van der Waals surface area (Å²) >= 11 is 5.76. The molecule has 0 saturated heterocycles. The van der Waals surface area contributed by atoms with Crippen molar-refractivity contribution in [3.05, 3.63) is 28.9 Å². The lowest BCUT2D eigenvalue weighted by Crippen LogP contribution is -2.19. The van der Waals surface area contributed by atoms with Gasteiger partial charge in [-0.2, -0.15) is 0 Å². The molecule has 1 aromatic carbocycles. The molecular formula is C9H8ClN3O3S. The van der Waals surface area contributed by atoms with Gasteiger partial charge >= 0.3 is 0 Å². The minimum atomic E-state index is -4.07. The Morgan fingerprint density at radius 1 is 1.35 bits per heavy atom. The van der Waals surface area contributed by atoms with Crippen molar-refractivity contribution in [1.82, 2.24) is 4.98 Å². The van der Waals surface area contributed by atoms with E-state index in [1.807, 2.05) is 0 Å². The Morgan fingerprint density at radius 3 is 2.53 bits per heavy atom. The Balaban J connectivity index is 2.98. The number of halogens is 1. The lowest BCUT2D eigenvalue weighted by Gasteiger charge is -1.98. The fourth-order valence-corrected chi connectivity index (χ4v) is 2.69. The molecule has 2 rings (SSSR count). The molecular weight excluding hydrogens is 266 g/mol. The number of amides is 1. The minimum absolute atomic E-state index is 0.244. The monoisotopic (exact) mass is 273 g/mol. The van der Waals surface area contributed by atoms with Crippen LogP contribution in [0.4, 0.5) is 0 Å². The normalized spacial score (nSPS) is 11.9. The van der Waals surface area contributed by atoms with Crippen LogP contribution in [0.3, 0.4) is 0 Å². The van der Waals surface area contributed by atoms with Crippen LogP contribution < -0.4 is 10.9 Å². The van der Waals surface area contributed by atoms with Crippen LogP contribution in [0.2, 0.25) is 5.02 Å². The summed E-state index contributed by atoms with van der Waals surface area (Å²) in [5, 5.41) is 5.63. The third-order valence-electron chi connectivity index (χ3n) is 2.24. The van der Waals surface area contributed by atoms with E-state index >= 15 is 0 Å². The van der Waals surface area contributed by atoms with Crippen molar-refractivity contribution >= 4 is 38.4 Å². The molecule has 2 aromatic rings. The van der Waals surface area contributed by atoms with Crippen LogP contribution in [0.5, 0.6) is 0 Å². The van der Waals surface area contributed by atoms with Crippen molar-refractivity contribution in [3.8, 4) is 0 Å². The van der Waals surface area contributed by atoms with E-state index in [1.165, 1.54) is 6.07 Å². The fraction of sp³-hybridized carbons (Fsp3) is 0. The van der Waals surface area contributed by atoms with Crippen LogP contribution in [0.15, 0.2) is 23.1 Å². The van der Waals surface area contributed by atoms with Gasteiger partial charge in [0.25, 0.3) is 5.91 Å². The molecule has 6 nitrogen and oxygen atoms in total. The van der Waals surface area contributed by atoms with Crippen LogP contribution in [0.25, 0.3) is 10.9 Å². The zero-order chi connectivity index (χ0) is 12.8. The third-order valence-corrected chi connectivity index (χ3v) is 3.47. The van der Waals surface area contributed by atoms with Gasteiger partial charge in [0.1, 0.15) is 10.6 Å². The summed E-state index contributed by atoms with van der Waals surface area (Å²) in [6.07, 6.45) is 0. The van der Waals surface area contributed by atoms with Gasteiger partial charge in [0.2, 0.25) is 10.0 Å². The Morgan fingerprint density at radius 2 is 2.00 bits per heavy atom. The number of hydrogen-bond acceptors (Lipinski definition) is 3. The molecule has 0 bridgehead atoms. The van der Waals surface area contributed by atoms with Gasteiger partial charge in [-0.05, 0) is 18.2 Å². The summed E-state index contributed by atoms with van der Waals surface area (Å²) in [4.78, 5) is 13.4. The number of rotatable bonds is 2. The first kappa shape index (κ1) is 11.9. The molecule has 0 radical (unpaired) electrons. The van der Waals surface area contributed by atoms with Gasteiger partial charge < -0.3 is 10.7 Å². The second-order valence-electron chi connectivity index (χ2n) is 3.43. The van der Waals surface area contributed by atoms with Gasteiger partial charge in [0.05, 0.1) is 0 Å². The van der Waals surface area contributed by atoms with Crippen molar-refractivity contribution in [3.63, 3.8) is 0 Å². The van der Waals surface area contributed by atoms with Crippen molar-refractivity contribution in [1.29, 1.82) is 0 Å². The molecule has 0 aliphatic heterocycles. The molecule has 0 aliphatic rings. The van der Waals surface area contributed by atoms with E-state index in [1.54, 1.807) is 12.1 Å². The van der Waals surface area contributed by atoms with E-state index in [-0.39, 0.29) is 16.0 Å². The predicted octanol–water partition coefficient (Wildman–Crippen LogP) is 0.568. The Labute approximate surface area is 102 Å². The fourth-order valence-electron chi connectivity index (χ4n) is 1.61. The number of primary amides is 1. The predicted molar refractivity (Wildman–Crippen MR) is 63.2 cm³/mol. The molecule has 90 valence electrons. The first-order valence-corrected chi connectivity index (χ1v) is 6.37. The number of primary sulfonamides is 1. The lowest BCUT2D eigenvalue weighted by molar-refractivity contribution is 0.0993. The number of carbonyl (C=O) groups is 1. The molecule has 8 heteroatoms. The highest BCUT2D eigenvalue weighted by molar-refractivity contribution is 7.89. The molecule has 0 atom stereocenters. The van der Waals surface area contributed by atoms with E-state index in [2.05, 4.69) is 4.98 Å². The maximum atomic E-state index is 11.5. The maximum absolute atomic E-state index is 11.5. The highest BCUT2D eigenvalue weighted by atomic mass is 35.5. The highest BCUT2D eigenvalue weighted by Crippen LogP contribution is 2.28. The summed E-state index contributed by atoms with van der Waals surface area (Å²) in [6, 6.07) is 4.50. The molecule has 0 saturated carbocycles. The van der Waals surface area contributed by atoms with E-state index in [4.69, 9.17) is 22.5 Å². The summed E-state index contributed by atoms with van der Waals surface area (Å²) in [5.41, 5.74) is 5.27. The van der Waals surface area contributed by atoms with E-state index < -0.39 is 15.9 Å². The topological polar surface area (TPSA) is 119 Å². The number of H-pyrrole nitrogens is 1. The van der Waals surface area contributed by atoms with Crippen LogP contribution in [0, 0.1) is 0 Å². The second kappa shape index (κ2) is 3.73. The Bertz CT molecular complexity index is 720. The summed E-state index contributed by atoms with van der Waals surface area (Å²) in [5.74, 6) is -0.902. The maximum Gasteiger partial charge on any atom is 0.266 e. The first-order chi connectivity index (χ1) is 7.80. The molecule has 1 aromatic heterocycles. The zero-order valence-corrected chi connectivity index (χ0v) is 9.97. The largest absolute Gasteiger partial charge is 0.364 e. The van der Waals surface area contributed by atoms with Crippen LogP contribution in [-0.2, 0) is 10.0 Å². The van der Waals surface area contributed by atoms with Gasteiger partial charge in [0.15, 0.2) is 0 Å². The molecule has 0 aliphatic carbocycles. The van der Waals surface area contributed by atoms with Gasteiger partial charge in [-0.1, -0.05) is 11.6 Å². The SMILES string of the molecule is NC(=O)c1[nH]c2ccc(Cl)cc2c1S(N)(=O)=O. The van der Waals surface area contributed by atoms with E-state index in [9.17, 15) is 13.2 Å². The van der Waals surface area contributed by atoms with Gasteiger partial charge in [-0.3, -0.25) is 4.79 Å². The molecule has 1 heterocycles. The minimum Gasteiger partial charge on any atom is -0.364 e. The van der Waals surface area contributed by atoms with Gasteiger partial charge in [-0.25, -0.2) is 13.6 Å². The lowest BCUT2D eigenvalue weighted by atomic mass is 10.2. The summed E-state index contributed by atoms with van der Waals surface area (Å²) < 4.78 is 22.9. The number of nitrogens with two attached hydrogens (primary N) is 2. The number of benzene rings is 1. The van der Waals surface area contributed by atoms with Gasteiger partial charge in [-0.15, -0.1) is 0 Å². The molecule has 0 fully saturated rings. The number of aromatic amines is 1. The summed E-state index contributed by atoms with van der Waals surface area (Å²) in [7, 11) is -4.07. The van der Waals surface area contributed by atoms with Crippen molar-refractivity contribution in [2.45, 2.75) is 4.90 Å². The second-order valence-corrected chi connectivity index (χ2v) is 5.36. The van der Waals surface area contributed by atoms with Crippen molar-refractivity contribution < 1.29 is 13.2 Å². The molecule has 0 spiro atoms. The molecule has 1 amide bonds. The van der Waals surface area contributed by atoms with E-state index in [0.717, 1.165) is 0 Å². The smallest absolute Gasteiger partial charge is 0.266 e. The zero-order valence-electron chi connectivity index (χ0n) is 8.40. The Kier molecular flexibility index (Phi) is 2.61. The average molecular weight is 274 g/mol. The van der Waals surface area contributed by atoms with Crippen LogP contribution in [0.1, 0.15) is 10.5 Å². The van der Waals surface area contributed by atoms with Gasteiger partial charge in [0, 0.05) is 15.9 Å². The number of carbonyl (C=O) groups excluding carboxylic acids is 1.